The smallest absolute Gasteiger partial charge is 0.327 e. The van der Waals surface area contributed by atoms with Crippen molar-refractivity contribution < 1.29 is 28.0 Å². The van der Waals surface area contributed by atoms with Crippen molar-refractivity contribution in [2.45, 2.75) is 32.9 Å². The van der Waals surface area contributed by atoms with Crippen LogP contribution in [0.1, 0.15) is 45.1 Å². The Morgan fingerprint density at radius 1 is 0.446 bits per heavy atom. The SMILES string of the molecule is CCOC(=O)CN=C(Cc1cccc(Cl)c1Cl)c1cc(Br)cnc1Cl.COc1ccc(CN)cc1.COc1ccc(CNc2ncc(Br)cc2-c2nnsc2-c2cccc(Cl)c2Cl)cc1.Clc1cccc(-c2snnc2-c2cc(Br)cnc2Cl)c1Cl.Nc1ncc(Br)cc1-c1nnsc1-c1cccc(Cl)c1Cl.O=C(Cc1cccc(Cl)c1Cl)c1cc(Br)cnc1Cl.O=S(Cl)Cl. The Morgan fingerprint density at radius 2 is 0.815 bits per heavy atom. The van der Waals surface area contributed by atoms with Gasteiger partial charge >= 0.3 is 5.97 Å². The number of nitrogens with one attached hydrogen (secondary N) is 1. The summed E-state index contributed by atoms with van der Waals surface area (Å²) < 4.78 is 40.3. The zero-order valence-electron chi connectivity index (χ0n) is 66.5. The van der Waals surface area contributed by atoms with E-state index in [2.05, 4.69) is 165 Å². The van der Waals surface area contributed by atoms with Gasteiger partial charge in [-0.05, 0) is 228 Å². The lowest BCUT2D eigenvalue weighted by Crippen LogP contribution is -2.13. The van der Waals surface area contributed by atoms with E-state index in [9.17, 15) is 9.59 Å². The molecule has 0 aliphatic carbocycles. The van der Waals surface area contributed by atoms with Gasteiger partial charge in [-0.3, -0.25) is 14.6 Å². The maximum atomic E-state index is 12.2. The van der Waals surface area contributed by atoms with E-state index in [0.29, 0.717) is 148 Å². The molecule has 0 aliphatic rings. The second kappa shape index (κ2) is 54.0. The first-order chi connectivity index (χ1) is 62.2. The van der Waals surface area contributed by atoms with E-state index < -0.39 is 15.2 Å². The zero-order valence-corrected chi connectivity index (χ0v) is 89.0. The Hall–Kier alpha value is -6.16. The van der Waals surface area contributed by atoms with Crippen molar-refractivity contribution in [3.8, 4) is 76.6 Å². The number of nitrogens with two attached hydrogens (primary N) is 2. The number of pyridine rings is 5. The van der Waals surface area contributed by atoms with Gasteiger partial charge in [0.25, 0.3) is 0 Å². The largest absolute Gasteiger partial charge is 0.497 e. The number of nitrogen functional groups attached to an aromatic ring is 1. The molecule has 7 aromatic carbocycles. The van der Waals surface area contributed by atoms with Gasteiger partial charge in [-0.25, -0.2) is 29.1 Å². The number of halogens is 20. The van der Waals surface area contributed by atoms with Crippen molar-refractivity contribution >= 4 is 325 Å². The van der Waals surface area contributed by atoms with Gasteiger partial charge in [0.1, 0.15) is 62.2 Å². The van der Waals surface area contributed by atoms with E-state index in [1.165, 1.54) is 40.8 Å². The number of anilines is 2. The number of carbonyl (C=O) groups excluding carboxylic acids is 2. The molecule has 130 heavy (non-hydrogen) atoms. The second-order valence-electron chi connectivity index (χ2n) is 25.5. The monoisotopic (exact) mass is 2430 g/mol. The number of ether oxygens (including phenoxy) is 3. The summed E-state index contributed by atoms with van der Waals surface area (Å²) in [6.07, 6.45) is 8.58. The van der Waals surface area contributed by atoms with Crippen molar-refractivity contribution in [1.82, 2.24) is 53.7 Å². The highest BCUT2D eigenvalue weighted by Crippen LogP contribution is 2.46. The topological polar surface area (TPSA) is 297 Å². The molecule has 0 amide bonds. The summed E-state index contributed by atoms with van der Waals surface area (Å²) in [4.78, 5) is 51.5. The predicted octanol–water partition coefficient (Wildman–Crippen LogP) is 30.7. The summed E-state index contributed by atoms with van der Waals surface area (Å²) in [6.45, 7) is 3.09. The molecular weight excluding hydrogens is 2390 g/mol. The summed E-state index contributed by atoms with van der Waals surface area (Å²) in [7, 11) is 10.7. The number of rotatable bonds is 21. The van der Waals surface area contributed by atoms with Crippen LogP contribution in [0.25, 0.3) is 65.1 Å². The molecule has 0 saturated heterocycles. The van der Waals surface area contributed by atoms with Gasteiger partial charge in [0.05, 0.1) is 97.0 Å². The van der Waals surface area contributed by atoms with E-state index in [4.69, 9.17) is 181 Å². The van der Waals surface area contributed by atoms with Gasteiger partial charge in [0.15, 0.2) is 5.78 Å². The van der Waals surface area contributed by atoms with Crippen molar-refractivity contribution in [2.24, 2.45) is 10.7 Å². The van der Waals surface area contributed by atoms with Crippen LogP contribution < -0.4 is 26.3 Å². The van der Waals surface area contributed by atoms with Crippen LogP contribution in [0.15, 0.2) is 228 Å². The molecule has 0 atom stereocenters. The van der Waals surface area contributed by atoms with Crippen LogP contribution in [-0.2, 0) is 44.7 Å². The van der Waals surface area contributed by atoms with Crippen LogP contribution in [0.4, 0.5) is 11.6 Å². The van der Waals surface area contributed by atoms with Crippen LogP contribution >= 0.6 is 286 Å². The van der Waals surface area contributed by atoms with Crippen LogP contribution in [0.3, 0.4) is 0 Å². The van der Waals surface area contributed by atoms with Gasteiger partial charge in [-0.1, -0.05) is 249 Å². The van der Waals surface area contributed by atoms with E-state index in [-0.39, 0.29) is 29.1 Å². The Morgan fingerprint density at radius 3 is 1.27 bits per heavy atom. The molecule has 0 fully saturated rings. The second-order valence-corrected chi connectivity index (χ2v) is 39.8. The van der Waals surface area contributed by atoms with Crippen LogP contribution in [0, 0.1) is 0 Å². The molecule has 0 saturated carbocycles. The Bertz CT molecular complexity index is 6310. The normalized spacial score (nSPS) is 10.7. The average Bonchev–Trinajstić information content (AvgIpc) is 1.61. The molecule has 0 bridgehead atoms. The summed E-state index contributed by atoms with van der Waals surface area (Å²) in [6, 6.07) is 51.6. The first-order valence-electron chi connectivity index (χ1n) is 36.6. The molecule has 0 unspecified atom stereocenters. The molecule has 15 aromatic rings. The fourth-order valence-corrected chi connectivity index (χ4v) is 17.5. The number of Topliss-reactive ketones (excluding diaryl/α,β-unsaturated/α-hetero) is 1. The van der Waals surface area contributed by atoms with Crippen LogP contribution in [-0.4, -0.2) is 103 Å². The van der Waals surface area contributed by atoms with E-state index >= 15 is 0 Å². The molecule has 5 N–H and O–H groups in total. The minimum atomic E-state index is -1.67. The summed E-state index contributed by atoms with van der Waals surface area (Å²) in [5.74, 6) is 2.18. The fraction of sp³-hybridized carbons (Fsp3) is 0.106. The minimum absolute atomic E-state index is 0.121. The number of carbonyl (C=O) groups is 2. The lowest BCUT2D eigenvalue weighted by atomic mass is 10.0. The maximum Gasteiger partial charge on any atom is 0.327 e. The highest BCUT2D eigenvalue weighted by molar-refractivity contribution is 9.11. The van der Waals surface area contributed by atoms with E-state index in [1.807, 2.05) is 109 Å². The zero-order chi connectivity index (χ0) is 94.4. The number of aromatic nitrogens is 11. The number of hydrogen-bond acceptors (Lipinski definition) is 24. The lowest BCUT2D eigenvalue weighted by Gasteiger charge is -2.12. The first kappa shape index (κ1) is 108. The number of hydrogen-bond donors (Lipinski definition) is 3. The molecule has 15 rings (SSSR count). The fourth-order valence-electron chi connectivity index (χ4n) is 11.0. The van der Waals surface area contributed by atoms with Gasteiger partial charge in [0.2, 0.25) is 9.23 Å². The quantitative estimate of drug-likeness (QED) is 0.0198. The molecule has 8 heterocycles. The van der Waals surface area contributed by atoms with E-state index in [1.54, 1.807) is 107 Å². The summed E-state index contributed by atoms with van der Waals surface area (Å²) >= 11 is 101. The van der Waals surface area contributed by atoms with Crippen LogP contribution in [0.2, 0.25) is 65.7 Å². The molecule has 21 nitrogen and oxygen atoms in total. The van der Waals surface area contributed by atoms with Crippen molar-refractivity contribution in [3.63, 3.8) is 0 Å². The molecule has 8 aromatic heterocycles. The molecule has 45 heteroatoms. The molecule has 674 valence electrons. The van der Waals surface area contributed by atoms with Gasteiger partial charge < -0.3 is 31.0 Å². The number of methoxy groups -OCH3 is 2. The van der Waals surface area contributed by atoms with Crippen LogP contribution in [0.5, 0.6) is 11.5 Å². The lowest BCUT2D eigenvalue weighted by molar-refractivity contribution is -0.141. The molecule has 0 aliphatic heterocycles. The maximum absolute atomic E-state index is 12.2. The van der Waals surface area contributed by atoms with Crippen molar-refractivity contribution in [3.05, 3.63) is 322 Å². The molecule has 0 radical (unpaired) electrons. The van der Waals surface area contributed by atoms with Crippen molar-refractivity contribution in [2.75, 3.05) is 38.4 Å². The third-order valence-electron chi connectivity index (χ3n) is 17.1. The summed E-state index contributed by atoms with van der Waals surface area (Å²) in [5.41, 5.74) is 23.0. The molecule has 0 spiro atoms. The van der Waals surface area contributed by atoms with Crippen molar-refractivity contribution in [1.29, 1.82) is 0 Å². The minimum Gasteiger partial charge on any atom is -0.497 e. The highest BCUT2D eigenvalue weighted by Gasteiger charge is 2.25. The number of ketones is 1. The van der Waals surface area contributed by atoms with Gasteiger partial charge in [-0.2, -0.15) is 0 Å². The Labute approximate surface area is 876 Å². The van der Waals surface area contributed by atoms with Gasteiger partial charge in [-0.15, -0.1) is 15.3 Å². The highest BCUT2D eigenvalue weighted by atomic mass is 79.9. The van der Waals surface area contributed by atoms with E-state index in [0.717, 1.165) is 83.0 Å². The Balaban J connectivity index is 0.000000178. The van der Waals surface area contributed by atoms with Gasteiger partial charge in [0, 0.05) is 140 Å². The Kier molecular flexibility index (Phi) is 44.6. The number of aliphatic imine (C=N–C) groups is 1. The predicted molar refractivity (Wildman–Crippen MR) is 556 cm³/mol. The average molecular weight is 2450 g/mol. The number of nitrogens with zero attached hydrogens (tertiary/aromatic N) is 12. The third kappa shape index (κ3) is 31.5. The summed E-state index contributed by atoms with van der Waals surface area (Å²) in [5, 5.41) is 21.4. The number of esters is 1. The third-order valence-corrected chi connectivity index (χ3v) is 26.6. The number of benzene rings is 7. The first-order valence-corrected chi connectivity index (χ1v) is 50.6. The molecular formula is C85H59Br5Cl15N15O6S4. The standard InChI is InChI=1S/C21H15BrCl2N4OS.C17H14BrCl3N2O2.C13H5BrCl3N3S.C13H7BrCl3NO.C13H7BrCl2N4S.C8H11NO.Cl2OS/c1-29-14-7-5-12(6-8-14)10-25-21-16(9-13(22)11-26-21)19-20(30-28-27-19)15-3-2-4-17(23)18(15)24;1-2-25-15(24)9-22-14(12-7-11(18)8-23-17(12)21)6-10-4-3-5-13(19)16(10)20;14-6-4-8(13(17)18-5-6)11-12(21-20-19-11)7-2-1-3-9(15)10(7)16;14-8-5-9(13(17)18-6-8)11(19)4-7-2-1-3-10(15)12(7)16;14-6-4-8(13(17)18-5-6)11-12(21-20-19-11)7-2-1-3-9(15)10(7)16;1-10-8-4-2-7(6-9)3-5-8;1-4(2)3/h2-9,11H,10H2,1H3,(H,25,26);3-5,7-8H,2,6,9H2,1H3;1-5H;1-3,5-6H,4H2;1-5H,(H2,17,18);2-5H,6,9H2,1H3;.